The Balaban J connectivity index is 2.56. The SMILES string of the molecule is CCOC(=O)c1cc(I)nn1COCCS(C)(C)C. The van der Waals surface area contributed by atoms with Gasteiger partial charge in [-0.25, -0.2) is 19.5 Å². The highest BCUT2D eigenvalue weighted by Crippen LogP contribution is 2.33. The maximum atomic E-state index is 11.7. The maximum absolute atomic E-state index is 11.7. The van der Waals surface area contributed by atoms with Gasteiger partial charge in [-0.15, -0.1) is 0 Å². The molecule has 0 amide bonds. The average molecular weight is 400 g/mol. The van der Waals surface area contributed by atoms with Crippen LogP contribution in [0.2, 0.25) is 0 Å². The third-order valence-corrected chi connectivity index (χ3v) is 4.21. The van der Waals surface area contributed by atoms with Crippen LogP contribution in [0.5, 0.6) is 0 Å². The number of hydrogen-bond acceptors (Lipinski definition) is 4. The van der Waals surface area contributed by atoms with E-state index in [4.69, 9.17) is 9.47 Å². The van der Waals surface area contributed by atoms with Gasteiger partial charge in [0.1, 0.15) is 16.1 Å². The molecule has 7 heteroatoms. The van der Waals surface area contributed by atoms with Gasteiger partial charge in [-0.3, -0.25) is 0 Å². The maximum Gasteiger partial charge on any atom is 0.356 e. The zero-order chi connectivity index (χ0) is 14.5. The van der Waals surface area contributed by atoms with Crippen molar-refractivity contribution >= 4 is 38.6 Å². The monoisotopic (exact) mass is 400 g/mol. The highest BCUT2D eigenvalue weighted by molar-refractivity contribution is 14.1. The molecule has 110 valence electrons. The molecule has 0 aromatic carbocycles. The minimum Gasteiger partial charge on any atom is -0.461 e. The van der Waals surface area contributed by atoms with Crippen LogP contribution < -0.4 is 0 Å². The standard InChI is InChI=1S/C12H21IN2O3S/c1-5-18-12(16)10-8-11(13)14-15(10)9-17-6-7-19(2,3)4/h8H,5-7,9H2,1-4H3. The molecule has 0 aliphatic carbocycles. The molecule has 0 fully saturated rings. The van der Waals surface area contributed by atoms with Crippen LogP contribution in [0.15, 0.2) is 6.07 Å². The molecule has 1 rings (SSSR count). The lowest BCUT2D eigenvalue weighted by atomic mass is 10.4. The van der Waals surface area contributed by atoms with Crippen molar-refractivity contribution in [3.63, 3.8) is 0 Å². The molecule has 0 saturated carbocycles. The first kappa shape index (κ1) is 16.8. The highest BCUT2D eigenvalue weighted by Gasteiger charge is 2.15. The first-order valence-electron chi connectivity index (χ1n) is 5.97. The number of carbonyl (C=O) groups is 1. The molecule has 0 aliphatic heterocycles. The van der Waals surface area contributed by atoms with E-state index in [-0.39, 0.29) is 12.7 Å². The lowest BCUT2D eigenvalue weighted by Gasteiger charge is -2.24. The molecule has 0 saturated heterocycles. The molecule has 19 heavy (non-hydrogen) atoms. The predicted molar refractivity (Wildman–Crippen MR) is 87.1 cm³/mol. The summed E-state index contributed by atoms with van der Waals surface area (Å²) >= 11 is 2.07. The third-order valence-electron chi connectivity index (χ3n) is 2.29. The molecule has 0 atom stereocenters. The molecule has 1 heterocycles. The summed E-state index contributed by atoms with van der Waals surface area (Å²) in [5.41, 5.74) is 0.439. The van der Waals surface area contributed by atoms with Crippen LogP contribution in [0, 0.1) is 3.70 Å². The van der Waals surface area contributed by atoms with E-state index in [9.17, 15) is 4.79 Å². The first-order chi connectivity index (χ1) is 8.83. The largest absolute Gasteiger partial charge is 0.461 e. The summed E-state index contributed by atoms with van der Waals surface area (Å²) in [6.07, 6.45) is 6.74. The third kappa shape index (κ3) is 6.13. The van der Waals surface area contributed by atoms with Crippen molar-refractivity contribution in [3.8, 4) is 0 Å². The first-order valence-corrected chi connectivity index (χ1v) is 10.1. The van der Waals surface area contributed by atoms with E-state index in [0.717, 1.165) is 9.45 Å². The van der Waals surface area contributed by atoms with Gasteiger partial charge in [0.2, 0.25) is 0 Å². The zero-order valence-corrected chi connectivity index (χ0v) is 14.8. The van der Waals surface area contributed by atoms with Crippen LogP contribution in [0.25, 0.3) is 0 Å². The Labute approximate surface area is 129 Å². The minimum atomic E-state index is -0.556. The topological polar surface area (TPSA) is 53.3 Å². The Morgan fingerprint density at radius 1 is 1.47 bits per heavy atom. The normalized spacial score (nSPS) is 12.5. The Kier molecular flexibility index (Phi) is 6.61. The molecule has 1 aromatic rings. The van der Waals surface area contributed by atoms with E-state index in [2.05, 4.69) is 46.5 Å². The summed E-state index contributed by atoms with van der Waals surface area (Å²) in [5, 5.41) is 4.23. The summed E-state index contributed by atoms with van der Waals surface area (Å²) < 4.78 is 12.9. The van der Waals surface area contributed by atoms with Gasteiger partial charge in [-0.1, -0.05) is 0 Å². The fourth-order valence-electron chi connectivity index (χ4n) is 1.31. The number of rotatable bonds is 7. The minimum absolute atomic E-state index is 0.284. The Morgan fingerprint density at radius 2 is 2.16 bits per heavy atom. The molecule has 0 radical (unpaired) electrons. The second-order valence-corrected chi connectivity index (χ2v) is 10.6. The molecule has 0 N–H and O–H groups in total. The van der Waals surface area contributed by atoms with Crippen molar-refractivity contribution in [1.29, 1.82) is 0 Å². The van der Waals surface area contributed by atoms with Crippen molar-refractivity contribution in [2.45, 2.75) is 13.7 Å². The number of halogens is 1. The molecule has 0 unspecified atom stereocenters. The summed E-state index contributed by atoms with van der Waals surface area (Å²) in [7, 11) is -0.556. The van der Waals surface area contributed by atoms with Crippen molar-refractivity contribution in [2.75, 3.05) is 37.7 Å². The van der Waals surface area contributed by atoms with Gasteiger partial charge in [0.25, 0.3) is 0 Å². The van der Waals surface area contributed by atoms with Crippen LogP contribution in [0.4, 0.5) is 0 Å². The fourth-order valence-corrected chi connectivity index (χ4v) is 2.49. The molecular formula is C12H21IN2O3S. The lowest BCUT2D eigenvalue weighted by Crippen LogP contribution is -2.16. The highest BCUT2D eigenvalue weighted by atomic mass is 127. The van der Waals surface area contributed by atoms with Gasteiger partial charge in [0.05, 0.1) is 13.2 Å². The quantitative estimate of drug-likeness (QED) is 0.401. The van der Waals surface area contributed by atoms with Crippen molar-refractivity contribution in [1.82, 2.24) is 9.78 Å². The van der Waals surface area contributed by atoms with Gasteiger partial charge in [-0.2, -0.15) is 5.10 Å². The molecular weight excluding hydrogens is 379 g/mol. The smallest absolute Gasteiger partial charge is 0.356 e. The molecule has 5 nitrogen and oxygen atoms in total. The summed E-state index contributed by atoms with van der Waals surface area (Å²) in [5.74, 6) is 0.683. The van der Waals surface area contributed by atoms with Crippen LogP contribution in [0.3, 0.4) is 0 Å². The summed E-state index contributed by atoms with van der Waals surface area (Å²) in [6, 6.07) is 1.71. The summed E-state index contributed by atoms with van der Waals surface area (Å²) in [6.45, 7) is 3.10. The van der Waals surface area contributed by atoms with Gasteiger partial charge in [0, 0.05) is 11.8 Å². The van der Waals surface area contributed by atoms with Crippen molar-refractivity contribution in [2.24, 2.45) is 0 Å². The average Bonchev–Trinajstić information content (AvgIpc) is 2.65. The molecule has 0 spiro atoms. The lowest BCUT2D eigenvalue weighted by molar-refractivity contribution is 0.0458. The molecule has 0 bridgehead atoms. The van der Waals surface area contributed by atoms with Crippen molar-refractivity contribution < 1.29 is 14.3 Å². The second-order valence-electron chi connectivity index (χ2n) is 4.90. The summed E-state index contributed by atoms with van der Waals surface area (Å²) in [4.78, 5) is 11.7. The van der Waals surface area contributed by atoms with Gasteiger partial charge >= 0.3 is 5.97 Å². The number of carbonyl (C=O) groups excluding carboxylic acids is 1. The van der Waals surface area contributed by atoms with Crippen molar-refractivity contribution in [3.05, 3.63) is 15.5 Å². The Hall–Kier alpha value is -0.280. The number of hydrogen-bond donors (Lipinski definition) is 0. The van der Waals surface area contributed by atoms with E-state index in [0.29, 0.717) is 18.9 Å². The number of nitrogens with zero attached hydrogens (tertiary/aromatic N) is 2. The van der Waals surface area contributed by atoms with Gasteiger partial charge < -0.3 is 9.47 Å². The van der Waals surface area contributed by atoms with E-state index in [1.807, 2.05) is 0 Å². The van der Waals surface area contributed by atoms with Crippen LogP contribution in [0.1, 0.15) is 17.4 Å². The number of esters is 1. The Morgan fingerprint density at radius 3 is 2.74 bits per heavy atom. The van der Waals surface area contributed by atoms with Crippen LogP contribution >= 0.6 is 32.6 Å². The van der Waals surface area contributed by atoms with E-state index < -0.39 is 10.0 Å². The van der Waals surface area contributed by atoms with Crippen LogP contribution in [-0.2, 0) is 16.2 Å². The predicted octanol–water partition coefficient (Wildman–Crippen LogP) is 2.33. The van der Waals surface area contributed by atoms with E-state index >= 15 is 0 Å². The van der Waals surface area contributed by atoms with Gasteiger partial charge in [-0.05, 0) is 48.3 Å². The van der Waals surface area contributed by atoms with Gasteiger partial charge in [0.15, 0.2) is 0 Å². The molecule has 0 aliphatic rings. The zero-order valence-electron chi connectivity index (χ0n) is 11.8. The van der Waals surface area contributed by atoms with E-state index in [1.165, 1.54) is 0 Å². The number of aromatic nitrogens is 2. The Bertz CT molecular complexity index is 429. The van der Waals surface area contributed by atoms with E-state index in [1.54, 1.807) is 17.7 Å². The number of ether oxygens (including phenoxy) is 2. The fraction of sp³-hybridized carbons (Fsp3) is 0.667. The van der Waals surface area contributed by atoms with Crippen LogP contribution in [-0.4, -0.2) is 53.5 Å². The molecule has 1 aromatic heterocycles. The second kappa shape index (κ2) is 7.49.